The molecule has 7 heteroatoms. The Kier molecular flexibility index (Phi) is 5.27. The first-order chi connectivity index (χ1) is 13.2. The van der Waals surface area contributed by atoms with Crippen LogP contribution in [0.2, 0.25) is 0 Å². The molecule has 1 amide bonds. The Hall–Kier alpha value is -3.09. The largest absolute Gasteiger partial charge is 0.487 e. The lowest BCUT2D eigenvalue weighted by Crippen LogP contribution is -2.37. The van der Waals surface area contributed by atoms with Gasteiger partial charge in [-0.15, -0.1) is 0 Å². The molecule has 2 aromatic carbocycles. The molecular weight excluding hydrogens is 358 g/mol. The minimum absolute atomic E-state index is 0.0506. The Balaban J connectivity index is 1.94. The number of nitro benzene ring substituents is 1. The molecule has 1 aliphatic rings. The van der Waals surface area contributed by atoms with Crippen molar-refractivity contribution < 1.29 is 14.5 Å². The van der Waals surface area contributed by atoms with E-state index in [2.05, 4.69) is 10.6 Å². The van der Waals surface area contributed by atoms with Gasteiger partial charge in [-0.05, 0) is 45.9 Å². The number of rotatable bonds is 5. The molecule has 0 bridgehead atoms. The molecule has 148 valence electrons. The fraction of sp³-hybridized carbons (Fsp3) is 0.381. The first kappa shape index (κ1) is 19.7. The lowest BCUT2D eigenvalue weighted by atomic mass is 9.89. The van der Waals surface area contributed by atoms with Gasteiger partial charge in [-0.2, -0.15) is 0 Å². The normalized spacial score (nSPS) is 17.4. The summed E-state index contributed by atoms with van der Waals surface area (Å²) in [6, 6.07) is 12.0. The molecule has 1 atom stereocenters. The van der Waals surface area contributed by atoms with Crippen molar-refractivity contribution in [3.63, 3.8) is 0 Å². The minimum Gasteiger partial charge on any atom is -0.487 e. The summed E-state index contributed by atoms with van der Waals surface area (Å²) in [4.78, 5) is 23.4. The average Bonchev–Trinajstić information content (AvgIpc) is 2.60. The second-order valence-electron chi connectivity index (χ2n) is 7.92. The highest BCUT2D eigenvalue weighted by atomic mass is 16.6. The van der Waals surface area contributed by atoms with Gasteiger partial charge in [-0.1, -0.05) is 18.2 Å². The number of para-hydroxylation sites is 1. The third-order valence-corrected chi connectivity index (χ3v) is 4.58. The van der Waals surface area contributed by atoms with Crippen LogP contribution < -0.4 is 15.4 Å². The van der Waals surface area contributed by atoms with E-state index in [4.69, 9.17) is 4.74 Å². The summed E-state index contributed by atoms with van der Waals surface area (Å²) in [6.07, 6.45) is 0.650. The number of ether oxygens (including phenoxy) is 1. The molecule has 1 heterocycles. The van der Waals surface area contributed by atoms with Crippen LogP contribution in [0.4, 0.5) is 11.4 Å². The summed E-state index contributed by atoms with van der Waals surface area (Å²) in [5.74, 6) is 0.439. The molecule has 0 radical (unpaired) electrons. The Morgan fingerprint density at radius 3 is 2.64 bits per heavy atom. The van der Waals surface area contributed by atoms with Gasteiger partial charge in [0.2, 0.25) is 0 Å². The number of nitro groups is 1. The fourth-order valence-corrected chi connectivity index (χ4v) is 3.41. The van der Waals surface area contributed by atoms with Crippen LogP contribution in [-0.4, -0.2) is 22.5 Å². The summed E-state index contributed by atoms with van der Waals surface area (Å²) in [7, 11) is 0. The predicted molar refractivity (Wildman–Crippen MR) is 108 cm³/mol. The van der Waals surface area contributed by atoms with E-state index in [9.17, 15) is 14.9 Å². The van der Waals surface area contributed by atoms with Crippen LogP contribution in [0, 0.1) is 10.1 Å². The molecule has 3 rings (SSSR count). The highest BCUT2D eigenvalue weighted by Gasteiger charge is 2.34. The lowest BCUT2D eigenvalue weighted by Gasteiger charge is -2.38. The maximum Gasteiger partial charge on any atom is 0.293 e. The van der Waals surface area contributed by atoms with Gasteiger partial charge in [0.15, 0.2) is 0 Å². The van der Waals surface area contributed by atoms with Gasteiger partial charge in [0.1, 0.15) is 17.0 Å². The number of benzene rings is 2. The molecule has 0 aromatic heterocycles. The van der Waals surface area contributed by atoms with Crippen LogP contribution >= 0.6 is 0 Å². The zero-order valence-electron chi connectivity index (χ0n) is 16.5. The number of nitrogens with zero attached hydrogens (tertiary/aromatic N) is 1. The molecule has 0 fully saturated rings. The van der Waals surface area contributed by atoms with E-state index < -0.39 is 10.5 Å². The topological polar surface area (TPSA) is 93.5 Å². The summed E-state index contributed by atoms with van der Waals surface area (Å²) in [6.45, 7) is 7.66. The summed E-state index contributed by atoms with van der Waals surface area (Å²) in [5, 5.41) is 17.7. The standard InChI is InChI=1S/C21H25N3O4/c1-13(2)22-20(25)14-9-10-16(18(11-14)24(26)27)23-17-12-21(3,4)28-19-8-6-5-7-15(17)19/h5-11,13,17,23H,12H2,1-4H3,(H,22,25). The zero-order chi connectivity index (χ0) is 20.5. The molecule has 1 unspecified atom stereocenters. The number of carbonyl (C=O) groups is 1. The minimum atomic E-state index is -0.467. The van der Waals surface area contributed by atoms with Crippen LogP contribution in [-0.2, 0) is 0 Å². The van der Waals surface area contributed by atoms with Crippen molar-refractivity contribution in [3.8, 4) is 5.75 Å². The number of nitrogens with one attached hydrogen (secondary N) is 2. The second-order valence-corrected chi connectivity index (χ2v) is 7.92. The van der Waals surface area contributed by atoms with E-state index in [0.29, 0.717) is 12.1 Å². The van der Waals surface area contributed by atoms with E-state index in [1.165, 1.54) is 6.07 Å². The number of anilines is 1. The van der Waals surface area contributed by atoms with Gasteiger partial charge in [-0.25, -0.2) is 0 Å². The third-order valence-electron chi connectivity index (χ3n) is 4.58. The number of fused-ring (bicyclic) bond motifs is 1. The smallest absolute Gasteiger partial charge is 0.293 e. The van der Waals surface area contributed by atoms with Crippen molar-refractivity contribution in [2.45, 2.75) is 51.8 Å². The van der Waals surface area contributed by atoms with Crippen LogP contribution in [0.25, 0.3) is 0 Å². The highest BCUT2D eigenvalue weighted by Crippen LogP contribution is 2.42. The Morgan fingerprint density at radius 1 is 1.25 bits per heavy atom. The quantitative estimate of drug-likeness (QED) is 0.588. The molecule has 0 saturated carbocycles. The first-order valence-corrected chi connectivity index (χ1v) is 9.30. The van der Waals surface area contributed by atoms with E-state index in [1.807, 2.05) is 52.0 Å². The van der Waals surface area contributed by atoms with Crippen LogP contribution in [0.15, 0.2) is 42.5 Å². The molecule has 0 saturated heterocycles. The molecule has 1 aliphatic heterocycles. The van der Waals surface area contributed by atoms with Crippen LogP contribution in [0.3, 0.4) is 0 Å². The van der Waals surface area contributed by atoms with E-state index in [0.717, 1.165) is 11.3 Å². The lowest BCUT2D eigenvalue weighted by molar-refractivity contribution is -0.384. The van der Waals surface area contributed by atoms with Crippen molar-refractivity contribution in [2.24, 2.45) is 0 Å². The fourth-order valence-electron chi connectivity index (χ4n) is 3.41. The number of amides is 1. The monoisotopic (exact) mass is 383 g/mol. The van der Waals surface area contributed by atoms with Crippen molar-refractivity contribution in [1.82, 2.24) is 5.32 Å². The Labute approximate surface area is 164 Å². The number of hydrogen-bond acceptors (Lipinski definition) is 5. The molecule has 2 aromatic rings. The maximum atomic E-state index is 12.2. The van der Waals surface area contributed by atoms with Gasteiger partial charge in [-0.3, -0.25) is 14.9 Å². The highest BCUT2D eigenvalue weighted by molar-refractivity contribution is 5.95. The van der Waals surface area contributed by atoms with Gasteiger partial charge in [0.05, 0.1) is 11.0 Å². The average molecular weight is 383 g/mol. The SMILES string of the molecule is CC(C)NC(=O)c1ccc(NC2CC(C)(C)Oc3ccccc32)c([N+](=O)[O-])c1. The first-order valence-electron chi connectivity index (χ1n) is 9.30. The molecule has 7 nitrogen and oxygen atoms in total. The van der Waals surface area contributed by atoms with Gasteiger partial charge in [0, 0.05) is 29.7 Å². The summed E-state index contributed by atoms with van der Waals surface area (Å²) >= 11 is 0. The van der Waals surface area contributed by atoms with Gasteiger partial charge >= 0.3 is 0 Å². The van der Waals surface area contributed by atoms with Crippen molar-refractivity contribution in [1.29, 1.82) is 0 Å². The van der Waals surface area contributed by atoms with E-state index in [1.54, 1.807) is 12.1 Å². The van der Waals surface area contributed by atoms with Gasteiger partial charge in [0.25, 0.3) is 11.6 Å². The molecule has 28 heavy (non-hydrogen) atoms. The molecular formula is C21H25N3O4. The second kappa shape index (κ2) is 7.50. The van der Waals surface area contributed by atoms with Crippen LogP contribution in [0.1, 0.15) is 56.1 Å². The Bertz CT molecular complexity index is 908. The van der Waals surface area contributed by atoms with E-state index in [-0.39, 0.29) is 29.2 Å². The zero-order valence-corrected chi connectivity index (χ0v) is 16.5. The Morgan fingerprint density at radius 2 is 1.96 bits per heavy atom. The van der Waals surface area contributed by atoms with E-state index >= 15 is 0 Å². The molecule has 0 spiro atoms. The third kappa shape index (κ3) is 4.24. The van der Waals surface area contributed by atoms with Crippen molar-refractivity contribution in [3.05, 3.63) is 63.7 Å². The van der Waals surface area contributed by atoms with Crippen molar-refractivity contribution in [2.75, 3.05) is 5.32 Å². The molecule has 0 aliphatic carbocycles. The summed E-state index contributed by atoms with van der Waals surface area (Å²) < 4.78 is 6.03. The number of hydrogen-bond donors (Lipinski definition) is 2. The van der Waals surface area contributed by atoms with Crippen molar-refractivity contribution >= 4 is 17.3 Å². The van der Waals surface area contributed by atoms with Crippen LogP contribution in [0.5, 0.6) is 5.75 Å². The number of carbonyl (C=O) groups excluding carboxylic acids is 1. The van der Waals surface area contributed by atoms with Gasteiger partial charge < -0.3 is 15.4 Å². The summed E-state index contributed by atoms with van der Waals surface area (Å²) in [5.41, 5.74) is 1.07. The molecule has 2 N–H and O–H groups in total. The maximum absolute atomic E-state index is 12.2. The predicted octanol–water partition coefficient (Wildman–Crippen LogP) is 4.45.